The fraction of sp³-hybridized carbons (Fsp3) is 0.609. The lowest BCUT2D eigenvalue weighted by Gasteiger charge is -2.32. The van der Waals surface area contributed by atoms with Crippen LogP contribution in [0.3, 0.4) is 0 Å². The first-order chi connectivity index (χ1) is 13.5. The van der Waals surface area contributed by atoms with Crippen LogP contribution in [-0.4, -0.2) is 64.9 Å². The van der Waals surface area contributed by atoms with Crippen LogP contribution in [0.1, 0.15) is 44.0 Å². The van der Waals surface area contributed by atoms with Gasteiger partial charge in [0.05, 0.1) is 12.2 Å². The quantitative estimate of drug-likeness (QED) is 0.810. The Hall–Kier alpha value is -1.40. The van der Waals surface area contributed by atoms with Crippen molar-refractivity contribution in [2.24, 2.45) is 0 Å². The highest BCUT2D eigenvalue weighted by Crippen LogP contribution is 2.27. The van der Waals surface area contributed by atoms with E-state index in [9.17, 15) is 0 Å². The summed E-state index contributed by atoms with van der Waals surface area (Å²) in [7, 11) is 0. The third-order valence-corrected chi connectivity index (χ3v) is 6.04. The predicted octanol–water partition coefficient (Wildman–Crippen LogP) is 3.13. The van der Waals surface area contributed by atoms with Gasteiger partial charge in [0.2, 0.25) is 0 Å². The highest BCUT2D eigenvalue weighted by molar-refractivity contribution is 5.85. The van der Waals surface area contributed by atoms with E-state index < -0.39 is 0 Å². The zero-order valence-corrected chi connectivity index (χ0v) is 18.9. The topological polar surface area (TPSA) is 36.3 Å². The first kappa shape index (κ1) is 22.3. The molecular weight excluding hydrogens is 382 g/mol. The second-order valence-corrected chi connectivity index (χ2v) is 9.40. The van der Waals surface area contributed by atoms with Gasteiger partial charge in [-0.1, -0.05) is 51.1 Å². The zero-order valence-electron chi connectivity index (χ0n) is 18.1. The number of nitrogens with zero attached hydrogens (tertiary/aromatic N) is 4. The molecule has 0 amide bonds. The minimum absolute atomic E-state index is 0. The predicted molar refractivity (Wildman–Crippen MR) is 122 cm³/mol. The van der Waals surface area contributed by atoms with Gasteiger partial charge in [-0.3, -0.25) is 14.5 Å². The first-order valence-corrected chi connectivity index (χ1v) is 10.8. The molecule has 0 bridgehead atoms. The fourth-order valence-corrected chi connectivity index (χ4v) is 4.60. The van der Waals surface area contributed by atoms with Crippen LogP contribution >= 0.6 is 12.4 Å². The minimum atomic E-state index is 0. The van der Waals surface area contributed by atoms with Crippen LogP contribution in [0.4, 0.5) is 0 Å². The van der Waals surface area contributed by atoms with Crippen molar-refractivity contribution in [1.82, 2.24) is 24.9 Å². The van der Waals surface area contributed by atoms with Gasteiger partial charge in [0, 0.05) is 69.0 Å². The normalized spacial score (nSPS) is 21.3. The van der Waals surface area contributed by atoms with Crippen LogP contribution in [-0.2, 0) is 18.5 Å². The standard InChI is InChI=1S/C23H35N5.ClH/c1-23(2,3)22-20(17-28(25-22)15-19-7-5-4-6-8-19)16-26-12-9-21(18-26)27-13-10-24-11-14-27;/h4-8,17,21,24H,9-16,18H2,1-3H3;1H. The molecule has 1 N–H and O–H groups in total. The molecule has 6 heteroatoms. The van der Waals surface area contributed by atoms with E-state index in [-0.39, 0.29) is 17.8 Å². The third kappa shape index (κ3) is 5.60. The van der Waals surface area contributed by atoms with E-state index in [0.29, 0.717) is 0 Å². The molecule has 1 atom stereocenters. The molecule has 1 unspecified atom stereocenters. The summed E-state index contributed by atoms with van der Waals surface area (Å²) in [5.41, 5.74) is 4.00. The Morgan fingerprint density at radius 2 is 1.76 bits per heavy atom. The fourth-order valence-electron chi connectivity index (χ4n) is 4.60. The molecule has 2 aliphatic heterocycles. The van der Waals surface area contributed by atoms with Gasteiger partial charge in [0.15, 0.2) is 0 Å². The van der Waals surface area contributed by atoms with Gasteiger partial charge >= 0.3 is 0 Å². The number of piperazine rings is 1. The molecule has 0 aliphatic carbocycles. The monoisotopic (exact) mass is 417 g/mol. The summed E-state index contributed by atoms with van der Waals surface area (Å²) in [5.74, 6) is 0. The van der Waals surface area contributed by atoms with Crippen LogP contribution in [0.5, 0.6) is 0 Å². The van der Waals surface area contributed by atoms with E-state index in [1.165, 1.54) is 49.4 Å². The molecule has 160 valence electrons. The van der Waals surface area contributed by atoms with E-state index in [0.717, 1.165) is 32.2 Å². The smallest absolute Gasteiger partial charge is 0.0723 e. The highest BCUT2D eigenvalue weighted by Gasteiger charge is 2.30. The van der Waals surface area contributed by atoms with E-state index in [1.54, 1.807) is 0 Å². The highest BCUT2D eigenvalue weighted by atomic mass is 35.5. The minimum Gasteiger partial charge on any atom is -0.314 e. The SMILES string of the molecule is CC(C)(C)c1nn(Cc2ccccc2)cc1CN1CCC(N2CCNCC2)C1.Cl. The van der Waals surface area contributed by atoms with Gasteiger partial charge in [-0.15, -0.1) is 12.4 Å². The Labute approximate surface area is 181 Å². The summed E-state index contributed by atoms with van der Waals surface area (Å²) < 4.78 is 2.13. The van der Waals surface area contributed by atoms with Gasteiger partial charge in [-0.25, -0.2) is 0 Å². The van der Waals surface area contributed by atoms with Gasteiger partial charge in [-0.05, 0) is 12.0 Å². The van der Waals surface area contributed by atoms with Crippen molar-refractivity contribution < 1.29 is 0 Å². The summed E-state index contributed by atoms with van der Waals surface area (Å²) in [6, 6.07) is 11.4. The number of aromatic nitrogens is 2. The van der Waals surface area contributed by atoms with E-state index in [2.05, 4.69) is 77.1 Å². The maximum atomic E-state index is 5.00. The summed E-state index contributed by atoms with van der Waals surface area (Å²) in [6.45, 7) is 15.7. The number of likely N-dealkylation sites (tertiary alicyclic amines) is 1. The number of benzene rings is 1. The maximum Gasteiger partial charge on any atom is 0.0723 e. The summed E-state index contributed by atoms with van der Waals surface area (Å²) in [6.07, 6.45) is 3.58. The number of hydrogen-bond donors (Lipinski definition) is 1. The average Bonchev–Trinajstić information content (AvgIpc) is 3.31. The van der Waals surface area contributed by atoms with Gasteiger partial charge in [0.25, 0.3) is 0 Å². The lowest BCUT2D eigenvalue weighted by Crippen LogP contribution is -2.49. The first-order valence-electron chi connectivity index (χ1n) is 10.8. The summed E-state index contributed by atoms with van der Waals surface area (Å²) in [4.78, 5) is 5.31. The molecule has 1 aromatic carbocycles. The van der Waals surface area contributed by atoms with Gasteiger partial charge in [-0.2, -0.15) is 5.10 Å². The Morgan fingerprint density at radius 3 is 2.45 bits per heavy atom. The number of rotatable bonds is 5. The van der Waals surface area contributed by atoms with Crippen molar-refractivity contribution in [2.75, 3.05) is 39.3 Å². The summed E-state index contributed by atoms with van der Waals surface area (Å²) in [5, 5.41) is 8.47. The Balaban J connectivity index is 0.00000240. The van der Waals surface area contributed by atoms with Crippen LogP contribution in [0, 0.1) is 0 Å². The van der Waals surface area contributed by atoms with Crippen LogP contribution in [0.25, 0.3) is 0 Å². The van der Waals surface area contributed by atoms with Crippen molar-refractivity contribution in [3.63, 3.8) is 0 Å². The molecule has 2 saturated heterocycles. The molecule has 0 saturated carbocycles. The zero-order chi connectivity index (χ0) is 19.6. The molecule has 2 aromatic rings. The number of halogens is 1. The lowest BCUT2D eigenvalue weighted by molar-refractivity contribution is 0.170. The third-order valence-electron chi connectivity index (χ3n) is 6.04. The summed E-state index contributed by atoms with van der Waals surface area (Å²) >= 11 is 0. The molecule has 3 heterocycles. The van der Waals surface area contributed by atoms with Crippen molar-refractivity contribution in [1.29, 1.82) is 0 Å². The molecule has 2 fully saturated rings. The number of hydrogen-bond acceptors (Lipinski definition) is 4. The van der Waals surface area contributed by atoms with Crippen LogP contribution < -0.4 is 5.32 Å². The number of nitrogens with one attached hydrogen (secondary N) is 1. The molecule has 5 nitrogen and oxygen atoms in total. The van der Waals surface area contributed by atoms with Gasteiger partial charge < -0.3 is 5.32 Å². The molecule has 29 heavy (non-hydrogen) atoms. The van der Waals surface area contributed by atoms with E-state index >= 15 is 0 Å². The molecule has 4 rings (SSSR count). The Bertz CT molecular complexity index is 761. The van der Waals surface area contributed by atoms with Crippen molar-refractivity contribution in [3.05, 3.63) is 53.3 Å². The van der Waals surface area contributed by atoms with Crippen molar-refractivity contribution in [2.45, 2.75) is 51.7 Å². The van der Waals surface area contributed by atoms with Gasteiger partial charge in [0.1, 0.15) is 0 Å². The second kappa shape index (κ2) is 9.61. The molecule has 0 radical (unpaired) electrons. The van der Waals surface area contributed by atoms with Crippen LogP contribution in [0.2, 0.25) is 0 Å². The van der Waals surface area contributed by atoms with E-state index in [4.69, 9.17) is 5.10 Å². The van der Waals surface area contributed by atoms with Crippen molar-refractivity contribution >= 4 is 12.4 Å². The average molecular weight is 418 g/mol. The lowest BCUT2D eigenvalue weighted by atomic mass is 9.89. The molecule has 2 aliphatic rings. The van der Waals surface area contributed by atoms with Crippen molar-refractivity contribution in [3.8, 4) is 0 Å². The maximum absolute atomic E-state index is 5.00. The largest absolute Gasteiger partial charge is 0.314 e. The van der Waals surface area contributed by atoms with Crippen LogP contribution in [0.15, 0.2) is 36.5 Å². The second-order valence-electron chi connectivity index (χ2n) is 9.40. The Morgan fingerprint density at radius 1 is 1.03 bits per heavy atom. The molecule has 1 aromatic heterocycles. The molecular formula is C23H36ClN5. The molecule has 0 spiro atoms. The Kier molecular flexibility index (Phi) is 7.38. The van der Waals surface area contributed by atoms with E-state index in [1.807, 2.05) is 0 Å².